The molecule has 5 nitrogen and oxygen atoms in total. The van der Waals surface area contributed by atoms with Gasteiger partial charge in [-0.2, -0.15) is 0 Å². The summed E-state index contributed by atoms with van der Waals surface area (Å²) in [5.41, 5.74) is 1.61. The largest absolute Gasteiger partial charge is 0.387 e. The summed E-state index contributed by atoms with van der Waals surface area (Å²) >= 11 is 0. The summed E-state index contributed by atoms with van der Waals surface area (Å²) < 4.78 is 13.0. The van der Waals surface area contributed by atoms with Gasteiger partial charge in [-0.05, 0) is 49.6 Å². The van der Waals surface area contributed by atoms with Gasteiger partial charge in [-0.25, -0.2) is 9.18 Å². The monoisotopic (exact) mass is 356 g/mol. The highest BCUT2D eigenvalue weighted by atomic mass is 19.1. The van der Waals surface area contributed by atoms with E-state index in [4.69, 9.17) is 0 Å². The highest BCUT2D eigenvalue weighted by Gasteiger charge is 2.34. The van der Waals surface area contributed by atoms with Gasteiger partial charge in [0.1, 0.15) is 5.82 Å². The van der Waals surface area contributed by atoms with E-state index in [-0.39, 0.29) is 30.2 Å². The summed E-state index contributed by atoms with van der Waals surface area (Å²) in [5, 5.41) is 13.2. The Morgan fingerprint density at radius 1 is 1.23 bits per heavy atom. The Morgan fingerprint density at radius 3 is 2.54 bits per heavy atom. The molecule has 0 aromatic heterocycles. The third-order valence-corrected chi connectivity index (χ3v) is 4.39. The number of aliphatic hydroxyl groups excluding tert-OH is 1. The Morgan fingerprint density at radius 2 is 1.92 bits per heavy atom. The number of ketones is 1. The van der Waals surface area contributed by atoms with Crippen molar-refractivity contribution in [1.29, 1.82) is 0 Å². The van der Waals surface area contributed by atoms with Crippen LogP contribution in [-0.4, -0.2) is 34.4 Å². The van der Waals surface area contributed by atoms with Crippen molar-refractivity contribution in [2.24, 2.45) is 0 Å². The number of aliphatic hydroxyl groups is 1. The first-order chi connectivity index (χ1) is 12.4. The van der Waals surface area contributed by atoms with Gasteiger partial charge in [0.15, 0.2) is 5.78 Å². The minimum Gasteiger partial charge on any atom is -0.387 e. The summed E-state index contributed by atoms with van der Waals surface area (Å²) in [7, 11) is 0. The number of rotatable bonds is 6. The second-order valence-electron chi connectivity index (χ2n) is 6.52. The van der Waals surface area contributed by atoms with Crippen LogP contribution in [0.5, 0.6) is 0 Å². The van der Waals surface area contributed by atoms with Gasteiger partial charge in [0.2, 0.25) is 0 Å². The molecule has 0 bridgehead atoms. The molecule has 2 aromatic carbocycles. The molecule has 0 saturated heterocycles. The van der Waals surface area contributed by atoms with Crippen LogP contribution in [0.1, 0.15) is 41.8 Å². The van der Waals surface area contributed by atoms with Gasteiger partial charge in [-0.3, -0.25) is 4.79 Å². The van der Waals surface area contributed by atoms with Gasteiger partial charge in [-0.1, -0.05) is 24.3 Å². The van der Waals surface area contributed by atoms with E-state index < -0.39 is 6.10 Å². The number of benzene rings is 2. The molecule has 26 heavy (non-hydrogen) atoms. The lowest BCUT2D eigenvalue weighted by Crippen LogP contribution is -2.39. The number of urea groups is 1. The minimum atomic E-state index is -0.898. The van der Waals surface area contributed by atoms with Crippen LogP contribution in [0.25, 0.3) is 0 Å². The van der Waals surface area contributed by atoms with Gasteiger partial charge in [0.05, 0.1) is 12.6 Å². The summed E-state index contributed by atoms with van der Waals surface area (Å²) in [5.74, 6) is -0.449. The van der Waals surface area contributed by atoms with Crippen LogP contribution in [0.4, 0.5) is 14.9 Å². The maximum absolute atomic E-state index is 13.0. The number of amides is 2. The normalized spacial score (nSPS) is 14.6. The first-order valence-electron chi connectivity index (χ1n) is 8.56. The first kappa shape index (κ1) is 18.1. The quantitative estimate of drug-likeness (QED) is 0.775. The molecule has 0 radical (unpaired) electrons. The van der Waals surface area contributed by atoms with Crippen LogP contribution in [-0.2, 0) is 0 Å². The number of nitrogens with one attached hydrogen (secondary N) is 1. The number of hydrogen-bond donors (Lipinski definition) is 2. The van der Waals surface area contributed by atoms with Crippen molar-refractivity contribution < 1.29 is 19.1 Å². The predicted molar refractivity (Wildman–Crippen MR) is 96.6 cm³/mol. The smallest absolute Gasteiger partial charge is 0.322 e. The number of carbonyl (C=O) groups excluding carboxylic acids is 2. The maximum atomic E-state index is 13.0. The van der Waals surface area contributed by atoms with Crippen LogP contribution < -0.4 is 5.32 Å². The topological polar surface area (TPSA) is 69.6 Å². The summed E-state index contributed by atoms with van der Waals surface area (Å²) in [4.78, 5) is 25.7. The van der Waals surface area contributed by atoms with Crippen molar-refractivity contribution in [3.8, 4) is 0 Å². The van der Waals surface area contributed by atoms with Crippen LogP contribution in [0.15, 0.2) is 48.5 Å². The second-order valence-corrected chi connectivity index (χ2v) is 6.52. The Bertz CT molecular complexity index is 803. The SMILES string of the molecule is CC(=O)c1cccc(NC(=O)N(CC(O)c2ccc(F)cc2)C2CC2)c1. The van der Waals surface area contributed by atoms with E-state index in [1.54, 1.807) is 29.2 Å². The zero-order valence-electron chi connectivity index (χ0n) is 14.5. The Kier molecular flexibility index (Phi) is 5.32. The van der Waals surface area contributed by atoms with Gasteiger partial charge in [0.25, 0.3) is 0 Å². The third kappa shape index (κ3) is 4.46. The summed E-state index contributed by atoms with van der Waals surface area (Å²) in [6, 6.07) is 12.1. The Hall–Kier alpha value is -2.73. The lowest BCUT2D eigenvalue weighted by molar-refractivity contribution is 0.101. The highest BCUT2D eigenvalue weighted by molar-refractivity contribution is 5.96. The van der Waals surface area contributed by atoms with Gasteiger partial charge < -0.3 is 15.3 Å². The maximum Gasteiger partial charge on any atom is 0.322 e. The van der Waals surface area contributed by atoms with Crippen LogP contribution in [0.3, 0.4) is 0 Å². The zero-order valence-corrected chi connectivity index (χ0v) is 14.5. The molecule has 1 fully saturated rings. The van der Waals surface area contributed by atoms with E-state index in [2.05, 4.69) is 5.32 Å². The van der Waals surface area contributed by atoms with Crippen molar-refractivity contribution in [3.63, 3.8) is 0 Å². The van der Waals surface area contributed by atoms with Gasteiger partial charge in [-0.15, -0.1) is 0 Å². The number of Topliss-reactive ketones (excluding diaryl/α,β-unsaturated/α-hetero) is 1. The predicted octanol–water partition coefficient (Wildman–Crippen LogP) is 3.76. The molecule has 0 heterocycles. The van der Waals surface area contributed by atoms with Crippen molar-refractivity contribution in [3.05, 3.63) is 65.5 Å². The molecule has 1 unspecified atom stereocenters. The van der Waals surface area contributed by atoms with Gasteiger partial charge in [0, 0.05) is 17.3 Å². The number of carbonyl (C=O) groups is 2. The summed E-state index contributed by atoms with van der Waals surface area (Å²) in [6.45, 7) is 1.59. The van der Waals surface area contributed by atoms with E-state index in [0.29, 0.717) is 16.8 Å². The third-order valence-electron chi connectivity index (χ3n) is 4.39. The number of anilines is 1. The van der Waals surface area contributed by atoms with E-state index in [1.165, 1.54) is 31.2 Å². The average Bonchev–Trinajstić information content (AvgIpc) is 3.45. The molecule has 2 aromatic rings. The molecular formula is C20H21FN2O3. The lowest BCUT2D eigenvalue weighted by Gasteiger charge is -2.26. The van der Waals surface area contributed by atoms with Crippen molar-refractivity contribution in [1.82, 2.24) is 4.90 Å². The fourth-order valence-electron chi connectivity index (χ4n) is 2.77. The van der Waals surface area contributed by atoms with Crippen molar-refractivity contribution in [2.75, 3.05) is 11.9 Å². The van der Waals surface area contributed by atoms with E-state index >= 15 is 0 Å². The fraction of sp³-hybridized carbons (Fsp3) is 0.300. The van der Waals surface area contributed by atoms with Crippen LogP contribution in [0.2, 0.25) is 0 Å². The molecule has 1 aliphatic rings. The highest BCUT2D eigenvalue weighted by Crippen LogP contribution is 2.29. The van der Waals surface area contributed by atoms with Crippen LogP contribution in [0, 0.1) is 5.82 Å². The molecule has 0 aliphatic heterocycles. The molecular weight excluding hydrogens is 335 g/mol. The molecule has 2 amide bonds. The van der Waals surface area contributed by atoms with Crippen molar-refractivity contribution >= 4 is 17.5 Å². The fourth-order valence-corrected chi connectivity index (χ4v) is 2.77. The van der Waals surface area contributed by atoms with E-state index in [0.717, 1.165) is 12.8 Å². The molecule has 3 rings (SSSR count). The second kappa shape index (κ2) is 7.66. The molecule has 1 saturated carbocycles. The van der Waals surface area contributed by atoms with E-state index in [9.17, 15) is 19.1 Å². The van der Waals surface area contributed by atoms with Gasteiger partial charge >= 0.3 is 6.03 Å². The zero-order chi connectivity index (χ0) is 18.7. The molecule has 0 spiro atoms. The number of halogens is 1. The molecule has 136 valence electrons. The molecule has 1 atom stereocenters. The molecule has 1 aliphatic carbocycles. The lowest BCUT2D eigenvalue weighted by atomic mass is 10.1. The number of nitrogens with zero attached hydrogens (tertiary/aromatic N) is 1. The standard InChI is InChI=1S/C20H21FN2O3/c1-13(24)15-3-2-4-17(11-15)22-20(26)23(18-9-10-18)12-19(25)14-5-7-16(21)8-6-14/h2-8,11,18-19,25H,9-10,12H2,1H3,(H,22,26). The van der Waals surface area contributed by atoms with E-state index in [1.807, 2.05) is 0 Å². The Labute approximate surface area is 151 Å². The average molecular weight is 356 g/mol. The molecule has 2 N–H and O–H groups in total. The van der Waals surface area contributed by atoms with Crippen molar-refractivity contribution in [2.45, 2.75) is 31.9 Å². The first-order valence-corrected chi connectivity index (χ1v) is 8.56. The summed E-state index contributed by atoms with van der Waals surface area (Å²) in [6.07, 6.45) is 0.874. The minimum absolute atomic E-state index is 0.0770. The van der Waals surface area contributed by atoms with Crippen LogP contribution >= 0.6 is 0 Å². The molecule has 6 heteroatoms. The Balaban J connectivity index is 1.69. The number of hydrogen-bond acceptors (Lipinski definition) is 3.